The number of anilines is 1. The molecule has 5 rings (SSSR count). The molecule has 1 unspecified atom stereocenters. The second kappa shape index (κ2) is 10.9. The third kappa shape index (κ3) is 5.42. The Morgan fingerprint density at radius 2 is 1.85 bits per heavy atom. The van der Waals surface area contributed by atoms with E-state index in [9.17, 15) is 23.3 Å². The first-order chi connectivity index (χ1) is 18.6. The van der Waals surface area contributed by atoms with Crippen LogP contribution in [0.4, 0.5) is 5.82 Å². The van der Waals surface area contributed by atoms with Gasteiger partial charge < -0.3 is 4.90 Å². The Hall–Kier alpha value is -2.94. The van der Waals surface area contributed by atoms with Crippen molar-refractivity contribution < 1.29 is 13.2 Å². The lowest BCUT2D eigenvalue weighted by atomic mass is 9.90. The fraction of sp³-hybridized carbons (Fsp3) is 0.429. The highest BCUT2D eigenvalue weighted by atomic mass is 32.2. The number of amides is 1. The minimum atomic E-state index is -3.19. The van der Waals surface area contributed by atoms with E-state index in [1.165, 1.54) is 15.0 Å². The van der Waals surface area contributed by atoms with E-state index in [2.05, 4.69) is 29.2 Å². The number of sulfone groups is 1. The van der Waals surface area contributed by atoms with Gasteiger partial charge >= 0.3 is 0 Å². The lowest BCUT2D eigenvalue weighted by molar-refractivity contribution is -0.123. The van der Waals surface area contributed by atoms with Gasteiger partial charge in [-0.15, -0.1) is 0 Å². The van der Waals surface area contributed by atoms with Crippen molar-refractivity contribution in [2.45, 2.75) is 38.6 Å². The quantitative estimate of drug-likeness (QED) is 0.390. The van der Waals surface area contributed by atoms with Crippen molar-refractivity contribution in [1.82, 2.24) is 9.47 Å². The van der Waals surface area contributed by atoms with E-state index in [1.807, 2.05) is 12.1 Å². The number of carbonyl (C=O) groups is 1. The second-order valence-electron chi connectivity index (χ2n) is 10.4. The number of nitriles is 1. The number of hydrogen-bond acceptors (Lipinski definition) is 8. The molecule has 3 aliphatic heterocycles. The molecule has 2 aromatic rings. The van der Waals surface area contributed by atoms with Gasteiger partial charge in [0.1, 0.15) is 21.8 Å². The standard InChI is InChI=1S/C28H30N4O4S3/c1-18-22(15-24-27(34)32(28(37)38-24)21-10-13-39(35,36)17-21)25(30(2)26(33)23(18)16-29)31-11-8-20(9-12-31)14-19-6-4-3-5-7-19/h3-7,15,20-21H,8-14,17H2,1-2H3/b24-15-. The van der Waals surface area contributed by atoms with Crippen LogP contribution < -0.4 is 10.5 Å². The molecule has 0 saturated carbocycles. The molecule has 0 radical (unpaired) electrons. The lowest BCUT2D eigenvalue weighted by Crippen LogP contribution is -2.39. The predicted molar refractivity (Wildman–Crippen MR) is 158 cm³/mol. The zero-order valence-corrected chi connectivity index (χ0v) is 24.4. The van der Waals surface area contributed by atoms with Gasteiger partial charge in [0.2, 0.25) is 0 Å². The number of thiocarbonyl (C=S) groups is 1. The van der Waals surface area contributed by atoms with Crippen LogP contribution >= 0.6 is 24.0 Å². The van der Waals surface area contributed by atoms with Crippen molar-refractivity contribution in [2.75, 3.05) is 29.5 Å². The van der Waals surface area contributed by atoms with Gasteiger partial charge in [0.25, 0.3) is 11.5 Å². The highest BCUT2D eigenvalue weighted by molar-refractivity contribution is 8.26. The lowest BCUT2D eigenvalue weighted by Gasteiger charge is -2.36. The number of rotatable bonds is 5. The van der Waals surface area contributed by atoms with Crippen LogP contribution in [0.15, 0.2) is 40.0 Å². The topological polar surface area (TPSA) is 103 Å². The number of piperidine rings is 1. The molecule has 1 atom stereocenters. The molecule has 1 amide bonds. The summed E-state index contributed by atoms with van der Waals surface area (Å²) in [7, 11) is -1.52. The molecule has 1 aromatic heterocycles. The van der Waals surface area contributed by atoms with E-state index in [-0.39, 0.29) is 28.5 Å². The van der Waals surface area contributed by atoms with Crippen molar-refractivity contribution in [3.05, 3.63) is 67.8 Å². The van der Waals surface area contributed by atoms with Crippen molar-refractivity contribution in [3.63, 3.8) is 0 Å². The van der Waals surface area contributed by atoms with Crippen LogP contribution in [0.25, 0.3) is 6.08 Å². The molecule has 204 valence electrons. The normalized spacial score (nSPS) is 22.6. The first-order valence-electron chi connectivity index (χ1n) is 13.0. The van der Waals surface area contributed by atoms with Crippen LogP contribution in [0.3, 0.4) is 0 Å². The van der Waals surface area contributed by atoms with Gasteiger partial charge in [0.15, 0.2) is 9.84 Å². The molecule has 0 bridgehead atoms. The monoisotopic (exact) mass is 582 g/mol. The van der Waals surface area contributed by atoms with Crippen LogP contribution in [0, 0.1) is 24.2 Å². The van der Waals surface area contributed by atoms with Gasteiger partial charge in [-0.05, 0) is 55.7 Å². The van der Waals surface area contributed by atoms with Gasteiger partial charge in [-0.1, -0.05) is 54.3 Å². The maximum atomic E-state index is 13.4. The SMILES string of the molecule is Cc1c(/C=C2\SC(=S)N(C3CCS(=O)(=O)C3)C2=O)c(N2CCC(Cc3ccccc3)CC2)n(C)c(=O)c1C#N. The summed E-state index contributed by atoms with van der Waals surface area (Å²) in [5.41, 5.74) is 2.17. The van der Waals surface area contributed by atoms with Crippen molar-refractivity contribution in [1.29, 1.82) is 5.26 Å². The number of nitrogens with zero attached hydrogens (tertiary/aromatic N) is 4. The number of thioether (sulfide) groups is 1. The largest absolute Gasteiger partial charge is 0.357 e. The van der Waals surface area contributed by atoms with Crippen LogP contribution in [0.1, 0.15) is 41.5 Å². The summed E-state index contributed by atoms with van der Waals surface area (Å²) in [4.78, 5) is 30.5. The Morgan fingerprint density at radius 3 is 2.46 bits per heavy atom. The molecule has 4 heterocycles. The van der Waals surface area contributed by atoms with Crippen LogP contribution in [0.5, 0.6) is 0 Å². The molecule has 11 heteroatoms. The number of aromatic nitrogens is 1. The van der Waals surface area contributed by atoms with Gasteiger partial charge in [-0.3, -0.25) is 19.1 Å². The molecule has 3 fully saturated rings. The summed E-state index contributed by atoms with van der Waals surface area (Å²) in [6.45, 7) is 3.23. The van der Waals surface area contributed by atoms with Crippen molar-refractivity contribution >= 4 is 55.9 Å². The minimum Gasteiger partial charge on any atom is -0.357 e. The van der Waals surface area contributed by atoms with Gasteiger partial charge in [0, 0.05) is 25.7 Å². The minimum absolute atomic E-state index is 0.0452. The van der Waals surface area contributed by atoms with E-state index in [1.54, 1.807) is 20.0 Å². The Balaban J connectivity index is 1.47. The molecule has 0 aliphatic carbocycles. The maximum Gasteiger partial charge on any atom is 0.270 e. The maximum absolute atomic E-state index is 13.4. The highest BCUT2D eigenvalue weighted by Gasteiger charge is 2.42. The summed E-state index contributed by atoms with van der Waals surface area (Å²) in [6.07, 6.45) is 5.01. The predicted octanol–water partition coefficient (Wildman–Crippen LogP) is 3.41. The fourth-order valence-corrected chi connectivity index (χ4v) is 8.88. The van der Waals surface area contributed by atoms with E-state index in [4.69, 9.17) is 12.2 Å². The highest BCUT2D eigenvalue weighted by Crippen LogP contribution is 2.39. The molecule has 0 N–H and O–H groups in total. The van der Waals surface area contributed by atoms with E-state index in [0.29, 0.717) is 38.5 Å². The average Bonchev–Trinajstić information content (AvgIpc) is 3.40. The van der Waals surface area contributed by atoms with Gasteiger partial charge in [0.05, 0.1) is 22.5 Å². The van der Waals surface area contributed by atoms with Crippen LogP contribution in [-0.2, 0) is 28.1 Å². The van der Waals surface area contributed by atoms with Gasteiger partial charge in [-0.2, -0.15) is 5.26 Å². The smallest absolute Gasteiger partial charge is 0.270 e. The second-order valence-corrected chi connectivity index (χ2v) is 14.3. The van der Waals surface area contributed by atoms with Crippen molar-refractivity contribution in [3.8, 4) is 6.07 Å². The fourth-order valence-electron chi connectivity index (χ4n) is 5.80. The first-order valence-corrected chi connectivity index (χ1v) is 16.0. The average molecular weight is 583 g/mol. The number of pyridine rings is 1. The van der Waals surface area contributed by atoms with E-state index in [0.717, 1.165) is 44.1 Å². The van der Waals surface area contributed by atoms with Crippen molar-refractivity contribution in [2.24, 2.45) is 13.0 Å². The molecule has 39 heavy (non-hydrogen) atoms. The Kier molecular flexibility index (Phi) is 7.73. The Morgan fingerprint density at radius 1 is 1.15 bits per heavy atom. The molecule has 3 aliphatic rings. The Bertz CT molecular complexity index is 1570. The zero-order valence-electron chi connectivity index (χ0n) is 21.9. The third-order valence-electron chi connectivity index (χ3n) is 7.92. The summed E-state index contributed by atoms with van der Waals surface area (Å²) in [5.74, 6) is 0.842. The molecule has 1 aromatic carbocycles. The molecule has 3 saturated heterocycles. The van der Waals surface area contributed by atoms with Crippen LogP contribution in [-0.4, -0.2) is 58.7 Å². The number of hydrogen-bond donors (Lipinski definition) is 0. The van der Waals surface area contributed by atoms with Crippen LogP contribution in [0.2, 0.25) is 0 Å². The van der Waals surface area contributed by atoms with Gasteiger partial charge in [-0.25, -0.2) is 8.42 Å². The first kappa shape index (κ1) is 27.6. The molecular weight excluding hydrogens is 553 g/mol. The number of benzene rings is 1. The number of carbonyl (C=O) groups excluding carboxylic acids is 1. The molecule has 0 spiro atoms. The molecular formula is C28H30N4O4S3. The van der Waals surface area contributed by atoms with E-state index >= 15 is 0 Å². The Labute approximate surface area is 238 Å². The summed E-state index contributed by atoms with van der Waals surface area (Å²) in [5, 5.41) is 9.76. The van der Waals surface area contributed by atoms with E-state index < -0.39 is 15.9 Å². The third-order valence-corrected chi connectivity index (χ3v) is 11.0. The summed E-state index contributed by atoms with van der Waals surface area (Å²) in [6, 6.07) is 12.0. The zero-order chi connectivity index (χ0) is 27.9. The molecule has 8 nitrogen and oxygen atoms in total. The summed E-state index contributed by atoms with van der Waals surface area (Å²) < 4.78 is 25.9. The summed E-state index contributed by atoms with van der Waals surface area (Å²) >= 11 is 6.63.